The number of furan rings is 1. The molecule has 4 aromatic heterocycles. The first-order valence-corrected chi connectivity index (χ1v) is 25.2. The summed E-state index contributed by atoms with van der Waals surface area (Å²) in [5, 5.41) is 6.76. The zero-order chi connectivity index (χ0) is 45.9. The molecule has 1 aliphatic carbocycles. The van der Waals surface area contributed by atoms with Crippen molar-refractivity contribution in [2.24, 2.45) is 0 Å². The van der Waals surface area contributed by atoms with Crippen LogP contribution >= 0.6 is 22.7 Å². The average Bonchev–Trinajstić information content (AvgIpc) is 4.19. The van der Waals surface area contributed by atoms with E-state index in [1.807, 2.05) is 11.3 Å². The Kier molecular flexibility index (Phi) is 8.58. The van der Waals surface area contributed by atoms with Crippen LogP contribution in [0.1, 0.15) is 22.3 Å². The van der Waals surface area contributed by atoms with Crippen molar-refractivity contribution < 1.29 is 4.42 Å². The van der Waals surface area contributed by atoms with E-state index in [0.29, 0.717) is 17.5 Å². The van der Waals surface area contributed by atoms with Crippen molar-refractivity contribution in [2.75, 3.05) is 0 Å². The van der Waals surface area contributed by atoms with Crippen LogP contribution in [0.25, 0.3) is 119 Å². The van der Waals surface area contributed by atoms with Gasteiger partial charge in [0.05, 0.1) is 5.41 Å². The number of fused-ring (bicyclic) bond motifs is 12. The lowest BCUT2D eigenvalue weighted by atomic mass is 9.67. The number of rotatable bonds is 6. The van der Waals surface area contributed by atoms with Gasteiger partial charge in [-0.1, -0.05) is 170 Å². The summed E-state index contributed by atoms with van der Waals surface area (Å²) in [6.07, 6.45) is 0. The highest BCUT2D eigenvalue weighted by atomic mass is 32.1. The highest BCUT2D eigenvalue weighted by Crippen LogP contribution is 2.58. The Morgan fingerprint density at radius 2 is 0.871 bits per heavy atom. The molecule has 0 N–H and O–H groups in total. The maximum atomic E-state index is 6.74. The summed E-state index contributed by atoms with van der Waals surface area (Å²) < 4.78 is 11.7. The van der Waals surface area contributed by atoms with Crippen molar-refractivity contribution in [3.05, 3.63) is 247 Å². The highest BCUT2D eigenvalue weighted by molar-refractivity contribution is 7.26. The molecule has 4 heterocycles. The molecule has 14 aromatic rings. The molecule has 0 saturated heterocycles. The van der Waals surface area contributed by atoms with E-state index in [9.17, 15) is 0 Å². The number of aromatic nitrogens is 3. The van der Waals surface area contributed by atoms with Crippen LogP contribution in [0.5, 0.6) is 0 Å². The smallest absolute Gasteiger partial charge is 0.164 e. The quantitative estimate of drug-likeness (QED) is 0.167. The first kappa shape index (κ1) is 39.4. The van der Waals surface area contributed by atoms with Gasteiger partial charge >= 0.3 is 0 Å². The number of thiophene rings is 2. The highest BCUT2D eigenvalue weighted by Gasteiger charge is 2.46. The molecule has 0 unspecified atom stereocenters. The minimum Gasteiger partial charge on any atom is -0.456 e. The van der Waals surface area contributed by atoms with Crippen LogP contribution in [0.2, 0.25) is 0 Å². The molecule has 0 saturated carbocycles. The van der Waals surface area contributed by atoms with E-state index in [1.54, 1.807) is 11.3 Å². The van der Waals surface area contributed by atoms with Gasteiger partial charge in [0.2, 0.25) is 0 Å². The predicted molar refractivity (Wildman–Crippen MR) is 292 cm³/mol. The standard InChI is InChI=1S/C64H37N3OS2/c1-3-16-40(17-4-1)64(41-18-5-2-6-19-41)50-26-10-7-21-44(50)58-42(23-13-27-51(58)64)38-32-34-52-49(36-38)59-46(24-14-28-53(59)68-52)62-65-61(39-33-35-56-48(37-39)43-20-8-11-29-54(43)69-56)66-63(67-62)47-25-15-31-57-60(47)45-22-9-12-30-55(45)70-57/h1-37H. The largest absolute Gasteiger partial charge is 0.456 e. The molecule has 0 bridgehead atoms. The predicted octanol–water partition coefficient (Wildman–Crippen LogP) is 17.5. The third kappa shape index (κ3) is 5.72. The van der Waals surface area contributed by atoms with E-state index in [-0.39, 0.29) is 0 Å². The summed E-state index contributed by atoms with van der Waals surface area (Å²) in [5.74, 6) is 1.85. The Hall–Kier alpha value is -8.55. The summed E-state index contributed by atoms with van der Waals surface area (Å²) in [5.41, 5.74) is 13.7. The van der Waals surface area contributed by atoms with Gasteiger partial charge in [-0.05, 0) is 99.1 Å². The van der Waals surface area contributed by atoms with E-state index in [2.05, 4.69) is 224 Å². The fourth-order valence-electron chi connectivity index (χ4n) is 11.5. The Balaban J connectivity index is 0.961. The monoisotopic (exact) mass is 927 g/mol. The Bertz CT molecular complexity index is 4390. The maximum Gasteiger partial charge on any atom is 0.164 e. The first-order valence-electron chi connectivity index (χ1n) is 23.6. The molecule has 0 spiro atoms. The molecule has 326 valence electrons. The topological polar surface area (TPSA) is 51.8 Å². The lowest BCUT2D eigenvalue weighted by Gasteiger charge is -2.34. The van der Waals surface area contributed by atoms with Crippen molar-refractivity contribution >= 4 is 85.0 Å². The second kappa shape index (κ2) is 15.2. The zero-order valence-corrected chi connectivity index (χ0v) is 39.1. The van der Waals surface area contributed by atoms with Crippen LogP contribution in [-0.2, 0) is 5.41 Å². The molecule has 0 atom stereocenters. The molecule has 15 rings (SSSR count). The van der Waals surface area contributed by atoms with Crippen LogP contribution in [0.3, 0.4) is 0 Å². The number of benzene rings is 10. The number of nitrogens with zero attached hydrogens (tertiary/aromatic N) is 3. The SMILES string of the molecule is c1ccc(C2(c3ccccc3)c3ccccc3-c3c(-c4ccc5oc6cccc(-c7nc(-c8ccc9sc%10ccccc%10c9c8)nc(-c8cccc9sc%10ccccc%10c89)n7)c6c5c4)cccc32)cc1. The van der Waals surface area contributed by atoms with Gasteiger partial charge in [-0.2, -0.15) is 0 Å². The molecule has 10 aromatic carbocycles. The van der Waals surface area contributed by atoms with Crippen LogP contribution < -0.4 is 0 Å². The van der Waals surface area contributed by atoms with Gasteiger partial charge in [-0.25, -0.2) is 15.0 Å². The maximum absolute atomic E-state index is 6.74. The summed E-state index contributed by atoms with van der Waals surface area (Å²) >= 11 is 3.61. The van der Waals surface area contributed by atoms with E-state index in [4.69, 9.17) is 19.4 Å². The van der Waals surface area contributed by atoms with E-state index in [1.165, 1.54) is 73.9 Å². The molecule has 6 heteroatoms. The third-order valence-corrected chi connectivity index (χ3v) is 16.7. The molecule has 0 amide bonds. The molecule has 0 radical (unpaired) electrons. The molecular weight excluding hydrogens is 891 g/mol. The minimum absolute atomic E-state index is 0.501. The Labute approximate surface area is 410 Å². The van der Waals surface area contributed by atoms with E-state index in [0.717, 1.165) is 49.6 Å². The summed E-state index contributed by atoms with van der Waals surface area (Å²) in [6, 6.07) is 81.0. The molecular formula is C64H37N3OS2. The van der Waals surface area contributed by atoms with Gasteiger partial charge in [0, 0.05) is 67.8 Å². The average molecular weight is 928 g/mol. The van der Waals surface area contributed by atoms with Crippen LogP contribution in [0.4, 0.5) is 0 Å². The lowest BCUT2D eigenvalue weighted by Crippen LogP contribution is -2.28. The molecule has 0 fully saturated rings. The van der Waals surface area contributed by atoms with E-state index < -0.39 is 5.41 Å². The van der Waals surface area contributed by atoms with E-state index >= 15 is 0 Å². The van der Waals surface area contributed by atoms with Crippen molar-refractivity contribution in [1.82, 2.24) is 15.0 Å². The fourth-order valence-corrected chi connectivity index (χ4v) is 13.7. The Morgan fingerprint density at radius 1 is 0.329 bits per heavy atom. The Morgan fingerprint density at radius 3 is 1.67 bits per heavy atom. The van der Waals surface area contributed by atoms with Crippen molar-refractivity contribution in [3.63, 3.8) is 0 Å². The van der Waals surface area contributed by atoms with Gasteiger partial charge in [-0.3, -0.25) is 0 Å². The van der Waals surface area contributed by atoms with Crippen molar-refractivity contribution in [2.45, 2.75) is 5.41 Å². The molecule has 0 aliphatic heterocycles. The molecule has 4 nitrogen and oxygen atoms in total. The van der Waals surface area contributed by atoms with Gasteiger partial charge in [0.15, 0.2) is 17.5 Å². The summed E-state index contributed by atoms with van der Waals surface area (Å²) in [6.45, 7) is 0. The molecule has 1 aliphatic rings. The third-order valence-electron chi connectivity index (χ3n) is 14.4. The van der Waals surface area contributed by atoms with Gasteiger partial charge in [0.1, 0.15) is 11.2 Å². The van der Waals surface area contributed by atoms with Crippen molar-refractivity contribution in [1.29, 1.82) is 0 Å². The second-order valence-electron chi connectivity index (χ2n) is 18.1. The van der Waals surface area contributed by atoms with Crippen LogP contribution in [0.15, 0.2) is 229 Å². The van der Waals surface area contributed by atoms with Gasteiger partial charge in [-0.15, -0.1) is 22.7 Å². The van der Waals surface area contributed by atoms with Crippen LogP contribution in [-0.4, -0.2) is 15.0 Å². The van der Waals surface area contributed by atoms with Crippen molar-refractivity contribution in [3.8, 4) is 56.4 Å². The second-order valence-corrected chi connectivity index (χ2v) is 20.3. The number of hydrogen-bond donors (Lipinski definition) is 0. The first-order chi connectivity index (χ1) is 34.7. The minimum atomic E-state index is -0.501. The fraction of sp³-hybridized carbons (Fsp3) is 0.0156. The normalized spacial score (nSPS) is 13.0. The number of hydrogen-bond acceptors (Lipinski definition) is 6. The van der Waals surface area contributed by atoms with Gasteiger partial charge < -0.3 is 4.42 Å². The lowest BCUT2D eigenvalue weighted by molar-refractivity contribution is 0.669. The molecule has 70 heavy (non-hydrogen) atoms. The summed E-state index contributed by atoms with van der Waals surface area (Å²) in [7, 11) is 0. The van der Waals surface area contributed by atoms with Gasteiger partial charge in [0.25, 0.3) is 0 Å². The van der Waals surface area contributed by atoms with Crippen LogP contribution in [0, 0.1) is 0 Å². The zero-order valence-electron chi connectivity index (χ0n) is 37.4. The summed E-state index contributed by atoms with van der Waals surface area (Å²) in [4.78, 5) is 16.2.